The lowest BCUT2D eigenvalue weighted by molar-refractivity contribution is 0.578. The lowest BCUT2D eigenvalue weighted by atomic mass is 10.3. The number of nitrogens with zero attached hydrogens (tertiary/aromatic N) is 4. The summed E-state index contributed by atoms with van der Waals surface area (Å²) in [5.74, 6) is 0.832. The number of imidazole rings is 1. The summed E-state index contributed by atoms with van der Waals surface area (Å²) in [5.41, 5.74) is 6.11. The van der Waals surface area contributed by atoms with E-state index in [1.807, 2.05) is 25.3 Å². The van der Waals surface area contributed by atoms with E-state index in [1.165, 1.54) is 4.57 Å². The van der Waals surface area contributed by atoms with Gasteiger partial charge in [-0.25, -0.2) is 9.78 Å². The second-order valence-corrected chi connectivity index (χ2v) is 5.32. The zero-order chi connectivity index (χ0) is 16.3. The van der Waals surface area contributed by atoms with Crippen molar-refractivity contribution in [2.24, 2.45) is 5.73 Å². The minimum absolute atomic E-state index is 0.247. The molecule has 0 saturated carbocycles. The minimum Gasteiger partial charge on any atom is -0.330 e. The topological polar surface area (TPSA) is 87.8 Å². The van der Waals surface area contributed by atoms with Crippen LogP contribution < -0.4 is 17.0 Å². The first kappa shape index (κ1) is 16.5. The maximum absolute atomic E-state index is 12.7. The molecule has 0 saturated heterocycles. The number of aromatic nitrogens is 4. The van der Waals surface area contributed by atoms with Crippen LogP contribution in [-0.4, -0.2) is 25.2 Å². The summed E-state index contributed by atoms with van der Waals surface area (Å²) in [6.07, 6.45) is 2.34. The lowest BCUT2D eigenvalue weighted by Gasteiger charge is -2.10. The molecule has 22 heavy (non-hydrogen) atoms. The average molecular weight is 307 g/mol. The van der Waals surface area contributed by atoms with Crippen molar-refractivity contribution in [3.63, 3.8) is 0 Å². The molecule has 2 heterocycles. The standard InChI is InChI=1S/C15H25N5O2/c1-4-10-20-13-12(14(21)19(6-3)15(20)22)18(5-2)11(17-13)8-7-9-16/h4-10,16H2,1-3H3. The van der Waals surface area contributed by atoms with E-state index in [1.54, 1.807) is 4.57 Å². The first-order valence-corrected chi connectivity index (χ1v) is 8.03. The first-order valence-electron chi connectivity index (χ1n) is 8.03. The molecule has 0 aliphatic heterocycles. The molecule has 2 rings (SSSR count). The Kier molecular flexibility index (Phi) is 5.18. The van der Waals surface area contributed by atoms with Gasteiger partial charge < -0.3 is 10.3 Å². The summed E-state index contributed by atoms with van der Waals surface area (Å²) in [7, 11) is 0. The fourth-order valence-electron chi connectivity index (χ4n) is 2.83. The first-order chi connectivity index (χ1) is 10.6. The molecule has 0 atom stereocenters. The van der Waals surface area contributed by atoms with Crippen LogP contribution in [0, 0.1) is 0 Å². The molecular formula is C15H25N5O2. The number of fused-ring (bicyclic) bond motifs is 1. The Morgan fingerprint density at radius 1 is 1.05 bits per heavy atom. The molecule has 0 bridgehead atoms. The SMILES string of the molecule is CCCn1c(=O)n(CC)c(=O)c2c1nc(CCCN)n2CC. The molecule has 0 aliphatic rings. The van der Waals surface area contributed by atoms with E-state index >= 15 is 0 Å². The van der Waals surface area contributed by atoms with Crippen molar-refractivity contribution in [2.45, 2.75) is 59.7 Å². The van der Waals surface area contributed by atoms with Crippen LogP contribution in [0.1, 0.15) is 39.4 Å². The highest BCUT2D eigenvalue weighted by molar-refractivity contribution is 5.71. The normalized spacial score (nSPS) is 11.5. The molecule has 0 aromatic carbocycles. The van der Waals surface area contributed by atoms with Gasteiger partial charge in [0.15, 0.2) is 11.2 Å². The van der Waals surface area contributed by atoms with E-state index in [0.29, 0.717) is 43.8 Å². The molecule has 0 fully saturated rings. The van der Waals surface area contributed by atoms with Crippen molar-refractivity contribution in [1.82, 2.24) is 18.7 Å². The van der Waals surface area contributed by atoms with Crippen LogP contribution in [0.5, 0.6) is 0 Å². The van der Waals surface area contributed by atoms with E-state index in [9.17, 15) is 9.59 Å². The predicted octanol–water partition coefficient (Wildman–Crippen LogP) is 0.701. The van der Waals surface area contributed by atoms with Crippen LogP contribution in [0.2, 0.25) is 0 Å². The second kappa shape index (κ2) is 6.91. The fourth-order valence-corrected chi connectivity index (χ4v) is 2.83. The third kappa shape index (κ3) is 2.61. The Balaban J connectivity index is 2.85. The largest absolute Gasteiger partial charge is 0.332 e. The van der Waals surface area contributed by atoms with E-state index in [0.717, 1.165) is 18.7 Å². The van der Waals surface area contributed by atoms with Crippen LogP contribution in [0.25, 0.3) is 11.2 Å². The summed E-state index contributed by atoms with van der Waals surface area (Å²) < 4.78 is 4.84. The molecule has 122 valence electrons. The average Bonchev–Trinajstić information content (AvgIpc) is 2.88. The Labute approximate surface area is 129 Å². The summed E-state index contributed by atoms with van der Waals surface area (Å²) in [6, 6.07) is 0. The molecule has 2 aromatic rings. The molecule has 0 aliphatic carbocycles. The molecule has 0 amide bonds. The van der Waals surface area contributed by atoms with Crippen LogP contribution >= 0.6 is 0 Å². The van der Waals surface area contributed by atoms with Gasteiger partial charge in [-0.3, -0.25) is 13.9 Å². The fraction of sp³-hybridized carbons (Fsp3) is 0.667. The van der Waals surface area contributed by atoms with Crippen LogP contribution in [0.15, 0.2) is 9.59 Å². The van der Waals surface area contributed by atoms with Crippen molar-refractivity contribution < 1.29 is 0 Å². The predicted molar refractivity (Wildman–Crippen MR) is 87.3 cm³/mol. The van der Waals surface area contributed by atoms with Crippen molar-refractivity contribution in [1.29, 1.82) is 0 Å². The molecule has 2 aromatic heterocycles. The van der Waals surface area contributed by atoms with Gasteiger partial charge in [0.1, 0.15) is 5.82 Å². The van der Waals surface area contributed by atoms with Gasteiger partial charge in [-0.2, -0.15) is 0 Å². The quantitative estimate of drug-likeness (QED) is 0.815. The van der Waals surface area contributed by atoms with Crippen LogP contribution in [-0.2, 0) is 26.1 Å². The molecule has 0 unspecified atom stereocenters. The van der Waals surface area contributed by atoms with Gasteiger partial charge in [-0.1, -0.05) is 6.92 Å². The van der Waals surface area contributed by atoms with Crippen LogP contribution in [0.3, 0.4) is 0 Å². The van der Waals surface area contributed by atoms with Gasteiger partial charge in [0, 0.05) is 26.1 Å². The maximum atomic E-state index is 12.7. The van der Waals surface area contributed by atoms with E-state index < -0.39 is 0 Å². The maximum Gasteiger partial charge on any atom is 0.332 e. The number of nitrogens with two attached hydrogens (primary N) is 1. The molecular weight excluding hydrogens is 282 g/mol. The third-order valence-electron chi connectivity index (χ3n) is 3.88. The van der Waals surface area contributed by atoms with Gasteiger partial charge in [0.25, 0.3) is 5.56 Å². The number of hydrogen-bond acceptors (Lipinski definition) is 4. The molecule has 2 N–H and O–H groups in total. The van der Waals surface area contributed by atoms with E-state index in [2.05, 4.69) is 4.98 Å². The molecule has 0 spiro atoms. The van der Waals surface area contributed by atoms with E-state index in [4.69, 9.17) is 5.73 Å². The smallest absolute Gasteiger partial charge is 0.330 e. The van der Waals surface area contributed by atoms with Gasteiger partial charge >= 0.3 is 5.69 Å². The molecule has 7 nitrogen and oxygen atoms in total. The Hall–Kier alpha value is -1.89. The zero-order valence-electron chi connectivity index (χ0n) is 13.6. The monoisotopic (exact) mass is 307 g/mol. The second-order valence-electron chi connectivity index (χ2n) is 5.32. The summed E-state index contributed by atoms with van der Waals surface area (Å²) in [4.78, 5) is 29.8. The highest BCUT2D eigenvalue weighted by Crippen LogP contribution is 2.13. The van der Waals surface area contributed by atoms with Gasteiger partial charge in [0.05, 0.1) is 0 Å². The highest BCUT2D eigenvalue weighted by Gasteiger charge is 2.19. The Morgan fingerprint density at radius 2 is 1.73 bits per heavy atom. The minimum atomic E-state index is -0.270. The van der Waals surface area contributed by atoms with Crippen LogP contribution in [0.4, 0.5) is 0 Å². The number of hydrogen-bond donors (Lipinski definition) is 1. The van der Waals surface area contributed by atoms with Crippen molar-refractivity contribution in [3.8, 4) is 0 Å². The lowest BCUT2D eigenvalue weighted by Crippen LogP contribution is -2.40. The summed E-state index contributed by atoms with van der Waals surface area (Å²) in [5, 5.41) is 0. The Morgan fingerprint density at radius 3 is 2.27 bits per heavy atom. The number of aryl methyl sites for hydroxylation is 3. The number of rotatable bonds is 7. The van der Waals surface area contributed by atoms with Crippen molar-refractivity contribution in [2.75, 3.05) is 6.54 Å². The molecule has 7 heteroatoms. The van der Waals surface area contributed by atoms with Crippen molar-refractivity contribution in [3.05, 3.63) is 26.7 Å². The van der Waals surface area contributed by atoms with Gasteiger partial charge in [-0.05, 0) is 33.2 Å². The summed E-state index contributed by atoms with van der Waals surface area (Å²) in [6.45, 7) is 7.96. The third-order valence-corrected chi connectivity index (χ3v) is 3.88. The van der Waals surface area contributed by atoms with Gasteiger partial charge in [-0.15, -0.1) is 0 Å². The zero-order valence-corrected chi connectivity index (χ0v) is 13.6. The highest BCUT2D eigenvalue weighted by atomic mass is 16.2. The Bertz CT molecular complexity index is 769. The molecule has 0 radical (unpaired) electrons. The van der Waals surface area contributed by atoms with E-state index in [-0.39, 0.29) is 11.2 Å². The van der Waals surface area contributed by atoms with Crippen molar-refractivity contribution >= 4 is 11.2 Å². The summed E-state index contributed by atoms with van der Waals surface area (Å²) >= 11 is 0. The van der Waals surface area contributed by atoms with Gasteiger partial charge in [0.2, 0.25) is 0 Å².